The molecular formula is C14H20Cl2N3S+. The summed E-state index contributed by atoms with van der Waals surface area (Å²) < 4.78 is 1.63. The van der Waals surface area contributed by atoms with Gasteiger partial charge in [0.1, 0.15) is 0 Å². The SMILES string of the molecule is C[N+](C)(CCNCc1ccc(Cl)s1)c1ccccn1.Cl. The predicted octanol–water partition coefficient (Wildman–Crippen LogP) is 3.58. The highest BCUT2D eigenvalue weighted by molar-refractivity contribution is 7.16. The van der Waals surface area contributed by atoms with E-state index in [1.54, 1.807) is 11.3 Å². The van der Waals surface area contributed by atoms with Gasteiger partial charge in [0.25, 0.3) is 0 Å². The molecule has 3 nitrogen and oxygen atoms in total. The lowest BCUT2D eigenvalue weighted by Crippen LogP contribution is -2.45. The molecule has 2 rings (SSSR count). The van der Waals surface area contributed by atoms with Gasteiger partial charge in [-0.1, -0.05) is 17.7 Å². The number of thiophene rings is 1. The molecule has 0 atom stereocenters. The molecule has 0 spiro atoms. The van der Waals surface area contributed by atoms with Crippen molar-refractivity contribution >= 4 is 41.2 Å². The maximum absolute atomic E-state index is 5.91. The van der Waals surface area contributed by atoms with E-state index in [1.165, 1.54) is 4.88 Å². The standard InChI is InChI=1S/C14H19ClN3S.ClH/c1-18(2,14-5-3-4-8-17-14)10-9-16-11-12-6-7-13(15)19-12;/h3-8,16H,9-11H2,1-2H3;1H/q+1;. The molecular weight excluding hydrogens is 313 g/mol. The van der Waals surface area contributed by atoms with Gasteiger partial charge in [0, 0.05) is 30.2 Å². The lowest BCUT2D eigenvalue weighted by Gasteiger charge is -2.27. The molecule has 0 saturated heterocycles. The normalized spacial score (nSPS) is 11.2. The lowest BCUT2D eigenvalue weighted by molar-refractivity contribution is 0.382. The molecule has 6 heteroatoms. The molecule has 0 aromatic carbocycles. The Bertz CT molecular complexity index is 514. The minimum absolute atomic E-state index is 0. The van der Waals surface area contributed by atoms with E-state index in [4.69, 9.17) is 11.6 Å². The van der Waals surface area contributed by atoms with Gasteiger partial charge in [-0.25, -0.2) is 4.98 Å². The Balaban J connectivity index is 0.00000200. The van der Waals surface area contributed by atoms with Crippen LogP contribution in [0.1, 0.15) is 4.88 Å². The average molecular weight is 333 g/mol. The van der Waals surface area contributed by atoms with Crippen molar-refractivity contribution in [3.63, 3.8) is 0 Å². The van der Waals surface area contributed by atoms with E-state index in [0.29, 0.717) is 0 Å². The first kappa shape index (κ1) is 17.4. The van der Waals surface area contributed by atoms with Crippen molar-refractivity contribution in [1.29, 1.82) is 0 Å². The Morgan fingerprint density at radius 1 is 1.25 bits per heavy atom. The zero-order valence-electron chi connectivity index (χ0n) is 11.7. The molecule has 20 heavy (non-hydrogen) atoms. The first-order valence-electron chi connectivity index (χ1n) is 6.27. The van der Waals surface area contributed by atoms with Gasteiger partial charge in [-0.3, -0.25) is 4.48 Å². The number of pyridine rings is 1. The number of likely N-dealkylation sites (N-methyl/N-ethyl adjacent to an activating group) is 1. The van der Waals surface area contributed by atoms with E-state index >= 15 is 0 Å². The third-order valence-electron chi connectivity index (χ3n) is 3.05. The third-order valence-corrected chi connectivity index (χ3v) is 4.28. The Kier molecular flexibility index (Phi) is 6.92. The van der Waals surface area contributed by atoms with Crippen LogP contribution in [-0.4, -0.2) is 32.2 Å². The van der Waals surface area contributed by atoms with E-state index < -0.39 is 0 Å². The number of quaternary nitrogens is 1. The summed E-state index contributed by atoms with van der Waals surface area (Å²) in [4.78, 5) is 5.69. The Morgan fingerprint density at radius 3 is 2.65 bits per heavy atom. The molecule has 2 aromatic heterocycles. The van der Waals surface area contributed by atoms with Crippen LogP contribution < -0.4 is 9.80 Å². The molecule has 0 bridgehead atoms. The van der Waals surface area contributed by atoms with Crippen LogP contribution in [0.15, 0.2) is 36.5 Å². The van der Waals surface area contributed by atoms with Crippen LogP contribution in [0.4, 0.5) is 5.82 Å². The minimum atomic E-state index is 0. The largest absolute Gasteiger partial charge is 0.307 e. The topological polar surface area (TPSA) is 24.9 Å². The number of rotatable bonds is 6. The first-order chi connectivity index (χ1) is 9.08. The van der Waals surface area contributed by atoms with E-state index in [0.717, 1.165) is 34.3 Å². The van der Waals surface area contributed by atoms with Crippen molar-refractivity contribution in [3.05, 3.63) is 45.7 Å². The van der Waals surface area contributed by atoms with Crippen LogP contribution in [0, 0.1) is 0 Å². The molecule has 110 valence electrons. The van der Waals surface area contributed by atoms with Crippen LogP contribution in [0.25, 0.3) is 0 Å². The van der Waals surface area contributed by atoms with Crippen molar-refractivity contribution < 1.29 is 0 Å². The quantitative estimate of drug-likeness (QED) is 0.646. The van der Waals surface area contributed by atoms with Crippen molar-refractivity contribution in [2.75, 3.05) is 27.2 Å². The molecule has 0 unspecified atom stereocenters. The predicted molar refractivity (Wildman–Crippen MR) is 91.0 cm³/mol. The van der Waals surface area contributed by atoms with Gasteiger partial charge in [-0.05, 0) is 18.2 Å². The van der Waals surface area contributed by atoms with Gasteiger partial charge in [-0.2, -0.15) is 0 Å². The summed E-state index contributed by atoms with van der Waals surface area (Å²) in [5, 5.41) is 3.45. The zero-order valence-corrected chi connectivity index (χ0v) is 14.1. The summed E-state index contributed by atoms with van der Waals surface area (Å²) in [6.45, 7) is 2.81. The van der Waals surface area contributed by atoms with Gasteiger partial charge >= 0.3 is 0 Å². The summed E-state index contributed by atoms with van der Waals surface area (Å²) in [6.07, 6.45) is 1.84. The molecule has 0 aliphatic carbocycles. The van der Waals surface area contributed by atoms with Crippen LogP contribution in [-0.2, 0) is 6.54 Å². The van der Waals surface area contributed by atoms with E-state index in [-0.39, 0.29) is 12.4 Å². The van der Waals surface area contributed by atoms with Crippen LogP contribution in [0.5, 0.6) is 0 Å². The number of hydrogen-bond acceptors (Lipinski definition) is 3. The Hall–Kier alpha value is -0.650. The molecule has 0 radical (unpaired) electrons. The molecule has 0 saturated carbocycles. The van der Waals surface area contributed by atoms with E-state index in [9.17, 15) is 0 Å². The van der Waals surface area contributed by atoms with Crippen LogP contribution >= 0.6 is 35.3 Å². The maximum atomic E-state index is 5.91. The van der Waals surface area contributed by atoms with E-state index in [2.05, 4.69) is 36.5 Å². The second-order valence-corrected chi connectivity index (χ2v) is 6.78. The highest BCUT2D eigenvalue weighted by Gasteiger charge is 2.19. The van der Waals surface area contributed by atoms with Crippen molar-refractivity contribution in [2.24, 2.45) is 0 Å². The summed E-state index contributed by atoms with van der Waals surface area (Å²) in [5.74, 6) is 1.09. The Morgan fingerprint density at radius 2 is 2.05 bits per heavy atom. The van der Waals surface area contributed by atoms with Crippen molar-refractivity contribution in [1.82, 2.24) is 14.8 Å². The number of aromatic nitrogens is 1. The molecule has 1 N–H and O–H groups in total. The number of nitrogens with zero attached hydrogens (tertiary/aromatic N) is 2. The van der Waals surface area contributed by atoms with Gasteiger partial charge in [0.15, 0.2) is 0 Å². The van der Waals surface area contributed by atoms with Crippen molar-refractivity contribution in [2.45, 2.75) is 6.54 Å². The Labute approximate surface area is 135 Å². The summed E-state index contributed by atoms with van der Waals surface area (Å²) in [7, 11) is 4.35. The average Bonchev–Trinajstić information content (AvgIpc) is 2.82. The van der Waals surface area contributed by atoms with E-state index in [1.807, 2.05) is 24.4 Å². The van der Waals surface area contributed by atoms with Crippen molar-refractivity contribution in [3.8, 4) is 0 Å². The molecule has 0 amide bonds. The smallest absolute Gasteiger partial charge is 0.227 e. The second kappa shape index (κ2) is 7.96. The molecule has 2 aromatic rings. The fourth-order valence-electron chi connectivity index (χ4n) is 1.84. The highest BCUT2D eigenvalue weighted by Crippen LogP contribution is 2.21. The monoisotopic (exact) mass is 332 g/mol. The van der Waals surface area contributed by atoms with Crippen LogP contribution in [0.2, 0.25) is 4.34 Å². The summed E-state index contributed by atoms with van der Waals surface area (Å²) >= 11 is 7.53. The summed E-state index contributed by atoms with van der Waals surface area (Å²) in [5.41, 5.74) is 0. The van der Waals surface area contributed by atoms with Gasteiger partial charge in [0.05, 0.1) is 25.0 Å². The van der Waals surface area contributed by atoms with Gasteiger partial charge < -0.3 is 5.32 Å². The zero-order chi connectivity index (χ0) is 13.7. The second-order valence-electron chi connectivity index (χ2n) is 4.98. The number of hydrogen-bond donors (Lipinski definition) is 1. The van der Waals surface area contributed by atoms with Gasteiger partial charge in [0.2, 0.25) is 5.82 Å². The lowest BCUT2D eigenvalue weighted by atomic mass is 10.3. The fraction of sp³-hybridized carbons (Fsp3) is 0.357. The first-order valence-corrected chi connectivity index (χ1v) is 7.47. The number of nitrogens with one attached hydrogen (secondary N) is 1. The third kappa shape index (κ3) is 5.04. The fourth-order valence-corrected chi connectivity index (χ4v) is 2.90. The minimum Gasteiger partial charge on any atom is -0.307 e. The molecule has 0 aliphatic heterocycles. The molecule has 0 fully saturated rings. The maximum Gasteiger partial charge on any atom is 0.227 e. The molecule has 0 aliphatic rings. The highest BCUT2D eigenvalue weighted by atomic mass is 35.5. The summed E-state index contributed by atoms with van der Waals surface area (Å²) in [6, 6.07) is 10.1. The van der Waals surface area contributed by atoms with Gasteiger partial charge in [-0.15, -0.1) is 23.7 Å². The molecule has 2 heterocycles. The number of halogens is 2. The van der Waals surface area contributed by atoms with Crippen LogP contribution in [0.3, 0.4) is 0 Å².